The van der Waals surface area contributed by atoms with Crippen molar-refractivity contribution >= 4 is 23.2 Å². The van der Waals surface area contributed by atoms with Crippen LogP contribution in [0.15, 0.2) is 54.7 Å². The van der Waals surface area contributed by atoms with E-state index in [1.54, 1.807) is 36.0 Å². The summed E-state index contributed by atoms with van der Waals surface area (Å²) in [6.07, 6.45) is 1.01. The molecule has 0 radical (unpaired) electrons. The van der Waals surface area contributed by atoms with Crippen molar-refractivity contribution < 1.29 is 14.3 Å². The molecule has 2 N–H and O–H groups in total. The highest BCUT2D eigenvalue weighted by atomic mass is 16.5. The van der Waals surface area contributed by atoms with Crippen molar-refractivity contribution in [3.8, 4) is 11.4 Å². The molecule has 7 nitrogen and oxygen atoms in total. The van der Waals surface area contributed by atoms with E-state index in [1.165, 1.54) is 0 Å². The molecule has 1 aliphatic rings. The Hall–Kier alpha value is -3.61. The molecule has 2 heterocycles. The van der Waals surface area contributed by atoms with Crippen LogP contribution in [0.1, 0.15) is 23.0 Å². The van der Waals surface area contributed by atoms with Crippen molar-refractivity contribution in [3.05, 3.63) is 66.0 Å². The molecule has 0 bridgehead atoms. The minimum Gasteiger partial charge on any atom is -0.479 e. The number of nitrogens with zero attached hydrogens (tertiary/aromatic N) is 2. The molecule has 1 atom stereocenters. The van der Waals surface area contributed by atoms with Crippen molar-refractivity contribution in [3.63, 3.8) is 0 Å². The third kappa shape index (κ3) is 3.15. The monoisotopic (exact) mass is 362 g/mol. The Morgan fingerprint density at radius 3 is 2.78 bits per heavy atom. The predicted molar refractivity (Wildman–Crippen MR) is 101 cm³/mol. The summed E-state index contributed by atoms with van der Waals surface area (Å²) < 4.78 is 7.24. The maximum atomic E-state index is 12.7. The largest absolute Gasteiger partial charge is 0.479 e. The Balaban J connectivity index is 1.56. The van der Waals surface area contributed by atoms with Gasteiger partial charge < -0.3 is 15.4 Å². The summed E-state index contributed by atoms with van der Waals surface area (Å²) in [7, 11) is 0. The van der Waals surface area contributed by atoms with Gasteiger partial charge in [-0.15, -0.1) is 0 Å². The molecule has 27 heavy (non-hydrogen) atoms. The van der Waals surface area contributed by atoms with Gasteiger partial charge in [0.15, 0.2) is 6.10 Å². The van der Waals surface area contributed by atoms with E-state index in [0.29, 0.717) is 22.7 Å². The Kier molecular flexibility index (Phi) is 4.12. The molecule has 1 aliphatic heterocycles. The van der Waals surface area contributed by atoms with E-state index < -0.39 is 6.10 Å². The first-order chi connectivity index (χ1) is 13.0. The first kappa shape index (κ1) is 16.8. The number of nitrogens with one attached hydrogen (secondary N) is 2. The lowest BCUT2D eigenvalue weighted by Crippen LogP contribution is -2.34. The SMILES string of the molecule is Cc1c(C(=O)Nc2ccc3c(c2)NC(=O)[C@H](C)O3)cnn1-c1ccccc1. The minimum absolute atomic E-state index is 0.217. The van der Waals surface area contributed by atoms with Crippen LogP contribution in [0, 0.1) is 6.92 Å². The zero-order valence-corrected chi connectivity index (χ0v) is 14.9. The van der Waals surface area contributed by atoms with Crippen LogP contribution in [-0.4, -0.2) is 27.7 Å². The zero-order chi connectivity index (χ0) is 19.0. The highest BCUT2D eigenvalue weighted by molar-refractivity contribution is 6.06. The maximum Gasteiger partial charge on any atom is 0.265 e. The van der Waals surface area contributed by atoms with Gasteiger partial charge in [-0.25, -0.2) is 4.68 Å². The number of benzene rings is 2. The van der Waals surface area contributed by atoms with Gasteiger partial charge in [0.1, 0.15) is 5.75 Å². The molecule has 1 aromatic heterocycles. The van der Waals surface area contributed by atoms with Gasteiger partial charge in [0.2, 0.25) is 0 Å². The van der Waals surface area contributed by atoms with Crippen LogP contribution in [0.3, 0.4) is 0 Å². The van der Waals surface area contributed by atoms with Crippen LogP contribution in [-0.2, 0) is 4.79 Å². The van der Waals surface area contributed by atoms with Gasteiger partial charge in [-0.05, 0) is 44.2 Å². The van der Waals surface area contributed by atoms with Gasteiger partial charge in [-0.1, -0.05) is 18.2 Å². The summed E-state index contributed by atoms with van der Waals surface area (Å²) in [6, 6.07) is 14.7. The van der Waals surface area contributed by atoms with Gasteiger partial charge in [-0.2, -0.15) is 5.10 Å². The minimum atomic E-state index is -0.538. The summed E-state index contributed by atoms with van der Waals surface area (Å²) in [5.41, 5.74) is 3.20. The third-order valence-electron chi connectivity index (χ3n) is 4.42. The summed E-state index contributed by atoms with van der Waals surface area (Å²) >= 11 is 0. The second kappa shape index (κ2) is 6.60. The molecule has 2 amide bonds. The molecule has 0 spiro atoms. The predicted octanol–water partition coefficient (Wildman–Crippen LogP) is 3.15. The number of hydrogen-bond acceptors (Lipinski definition) is 4. The Morgan fingerprint density at radius 1 is 1.22 bits per heavy atom. The fraction of sp³-hybridized carbons (Fsp3) is 0.150. The normalized spacial score (nSPS) is 15.5. The molecule has 7 heteroatoms. The number of rotatable bonds is 3. The number of aromatic nitrogens is 2. The smallest absolute Gasteiger partial charge is 0.265 e. The highest BCUT2D eigenvalue weighted by Gasteiger charge is 2.24. The second-order valence-electron chi connectivity index (χ2n) is 6.31. The fourth-order valence-electron chi connectivity index (χ4n) is 2.95. The Bertz CT molecular complexity index is 1030. The lowest BCUT2D eigenvalue weighted by Gasteiger charge is -2.23. The number of carbonyl (C=O) groups excluding carboxylic acids is 2. The van der Waals surface area contributed by atoms with Crippen molar-refractivity contribution in [1.82, 2.24) is 9.78 Å². The first-order valence-electron chi connectivity index (χ1n) is 8.56. The van der Waals surface area contributed by atoms with E-state index in [9.17, 15) is 9.59 Å². The van der Waals surface area contributed by atoms with E-state index >= 15 is 0 Å². The zero-order valence-electron chi connectivity index (χ0n) is 14.9. The number of para-hydroxylation sites is 1. The molecule has 0 aliphatic carbocycles. The molecule has 0 unspecified atom stereocenters. The van der Waals surface area contributed by atoms with Crippen LogP contribution in [0.5, 0.6) is 5.75 Å². The summed E-state index contributed by atoms with van der Waals surface area (Å²) in [5.74, 6) is 0.0881. The molecule has 0 fully saturated rings. The molecule has 2 aromatic carbocycles. The van der Waals surface area contributed by atoms with E-state index in [1.807, 2.05) is 37.3 Å². The van der Waals surface area contributed by atoms with Gasteiger partial charge in [-0.3, -0.25) is 9.59 Å². The van der Waals surface area contributed by atoms with Crippen molar-refractivity contribution in [2.75, 3.05) is 10.6 Å². The van der Waals surface area contributed by atoms with Gasteiger partial charge in [0.05, 0.1) is 28.8 Å². The molecule has 0 saturated carbocycles. The molecule has 4 rings (SSSR count). The molecule has 3 aromatic rings. The van der Waals surface area contributed by atoms with Crippen LogP contribution >= 0.6 is 0 Å². The number of anilines is 2. The Morgan fingerprint density at radius 2 is 2.00 bits per heavy atom. The molecule has 136 valence electrons. The average Bonchev–Trinajstić information content (AvgIpc) is 3.05. The quantitative estimate of drug-likeness (QED) is 0.749. The number of carbonyl (C=O) groups is 2. The topological polar surface area (TPSA) is 85.2 Å². The molecular weight excluding hydrogens is 344 g/mol. The van der Waals surface area contributed by atoms with Crippen molar-refractivity contribution in [1.29, 1.82) is 0 Å². The van der Waals surface area contributed by atoms with Crippen LogP contribution in [0.25, 0.3) is 5.69 Å². The van der Waals surface area contributed by atoms with Gasteiger partial charge in [0, 0.05) is 5.69 Å². The number of ether oxygens (including phenoxy) is 1. The molecule has 0 saturated heterocycles. The first-order valence-corrected chi connectivity index (χ1v) is 8.56. The second-order valence-corrected chi connectivity index (χ2v) is 6.31. The van der Waals surface area contributed by atoms with Crippen LogP contribution in [0.2, 0.25) is 0 Å². The van der Waals surface area contributed by atoms with E-state index in [0.717, 1.165) is 11.4 Å². The third-order valence-corrected chi connectivity index (χ3v) is 4.42. The number of amides is 2. The van der Waals surface area contributed by atoms with Crippen LogP contribution in [0.4, 0.5) is 11.4 Å². The van der Waals surface area contributed by atoms with Gasteiger partial charge in [0.25, 0.3) is 11.8 Å². The standard InChI is InChI=1S/C20H18N4O3/c1-12-16(11-21-24(12)15-6-4-3-5-7-15)20(26)22-14-8-9-18-17(10-14)23-19(25)13(2)27-18/h3-11,13H,1-2H3,(H,22,26)(H,23,25)/t13-/m0/s1. The maximum absolute atomic E-state index is 12.7. The summed E-state index contributed by atoms with van der Waals surface area (Å²) in [4.78, 5) is 24.4. The fourth-order valence-corrected chi connectivity index (χ4v) is 2.95. The van der Waals surface area contributed by atoms with E-state index in [-0.39, 0.29) is 11.8 Å². The Labute approximate surface area is 156 Å². The molecular formula is C20H18N4O3. The number of hydrogen-bond donors (Lipinski definition) is 2. The highest BCUT2D eigenvalue weighted by Crippen LogP contribution is 2.32. The lowest BCUT2D eigenvalue weighted by molar-refractivity contribution is -0.122. The lowest BCUT2D eigenvalue weighted by atomic mass is 10.2. The number of fused-ring (bicyclic) bond motifs is 1. The van der Waals surface area contributed by atoms with Crippen molar-refractivity contribution in [2.24, 2.45) is 0 Å². The summed E-state index contributed by atoms with van der Waals surface area (Å²) in [6.45, 7) is 3.53. The van der Waals surface area contributed by atoms with E-state index in [2.05, 4.69) is 15.7 Å². The van der Waals surface area contributed by atoms with Crippen LogP contribution < -0.4 is 15.4 Å². The summed E-state index contributed by atoms with van der Waals surface area (Å²) in [5, 5.41) is 9.93. The average molecular weight is 362 g/mol. The van der Waals surface area contributed by atoms with E-state index in [4.69, 9.17) is 4.74 Å². The van der Waals surface area contributed by atoms with Crippen molar-refractivity contribution in [2.45, 2.75) is 20.0 Å². The van der Waals surface area contributed by atoms with Gasteiger partial charge >= 0.3 is 0 Å².